The number of methoxy groups -OCH3 is 3. The van der Waals surface area contributed by atoms with Crippen LogP contribution in [0.3, 0.4) is 0 Å². The van der Waals surface area contributed by atoms with E-state index < -0.39 is 0 Å². The first-order valence-electron chi connectivity index (χ1n) is 27.3. The zero-order valence-corrected chi connectivity index (χ0v) is 47.8. The predicted octanol–water partition coefficient (Wildman–Crippen LogP) is 10.5. The summed E-state index contributed by atoms with van der Waals surface area (Å²) in [4.78, 5) is 52.1. The summed E-state index contributed by atoms with van der Waals surface area (Å²) in [7, 11) is 8.38. The number of carbonyl (C=O) groups is 3. The molecular formula is C62H70N6O10S2. The molecule has 80 heavy (non-hydrogen) atoms. The minimum atomic E-state index is -0.249. The van der Waals surface area contributed by atoms with Gasteiger partial charge in [0.2, 0.25) is 5.91 Å². The van der Waals surface area contributed by atoms with Gasteiger partial charge in [-0.1, -0.05) is 70.1 Å². The highest BCUT2D eigenvalue weighted by atomic mass is 33.1. The third-order valence-electron chi connectivity index (χ3n) is 14.5. The smallest absolute Gasteiger partial charge is 0.261 e. The first-order chi connectivity index (χ1) is 39.0. The lowest BCUT2D eigenvalue weighted by atomic mass is 10.1. The molecule has 0 saturated carbocycles. The van der Waals surface area contributed by atoms with E-state index in [0.29, 0.717) is 111 Å². The largest absolute Gasteiger partial charge is 0.493 e. The van der Waals surface area contributed by atoms with Crippen LogP contribution in [0, 0.1) is 0 Å². The number of amides is 3. The van der Waals surface area contributed by atoms with Crippen LogP contribution in [0.15, 0.2) is 120 Å². The van der Waals surface area contributed by atoms with E-state index >= 15 is 0 Å². The molecule has 0 unspecified atom stereocenters. The van der Waals surface area contributed by atoms with E-state index in [-0.39, 0.29) is 47.8 Å². The van der Waals surface area contributed by atoms with Crippen molar-refractivity contribution < 1.29 is 47.5 Å². The van der Waals surface area contributed by atoms with Gasteiger partial charge in [0.25, 0.3) is 11.8 Å². The molecule has 0 aromatic heterocycles. The maximum absolute atomic E-state index is 14.3. The van der Waals surface area contributed by atoms with Gasteiger partial charge in [0.1, 0.15) is 13.2 Å². The van der Waals surface area contributed by atoms with Crippen molar-refractivity contribution in [2.24, 2.45) is 4.99 Å². The lowest BCUT2D eigenvalue weighted by Crippen LogP contribution is -2.39. The Hall–Kier alpha value is -6.96. The second kappa shape index (κ2) is 26.1. The number of allylic oxidation sites excluding steroid dienone is 3. The molecule has 3 amide bonds. The number of hydrogen-bond acceptors (Lipinski definition) is 15. The maximum Gasteiger partial charge on any atom is 0.261 e. The summed E-state index contributed by atoms with van der Waals surface area (Å²) in [5.74, 6) is 2.42. The minimum Gasteiger partial charge on any atom is -0.493 e. The summed E-state index contributed by atoms with van der Waals surface area (Å²) in [5.41, 5.74) is 9.83. The van der Waals surface area contributed by atoms with Gasteiger partial charge < -0.3 is 53.6 Å². The van der Waals surface area contributed by atoms with Crippen LogP contribution >= 0.6 is 21.6 Å². The molecule has 4 aliphatic heterocycles. The number of nitrogens with zero attached hydrogens (tertiary/aromatic N) is 4. The fraction of sp³-hybridized carbons (Fsp3) is 0.387. The highest BCUT2D eigenvalue weighted by Crippen LogP contribution is 2.44. The van der Waals surface area contributed by atoms with Crippen molar-refractivity contribution in [1.82, 2.24) is 5.32 Å². The normalized spacial score (nSPS) is 16.6. The van der Waals surface area contributed by atoms with E-state index in [0.717, 1.165) is 70.0 Å². The predicted molar refractivity (Wildman–Crippen MR) is 318 cm³/mol. The van der Waals surface area contributed by atoms with Gasteiger partial charge in [0.15, 0.2) is 23.0 Å². The molecule has 420 valence electrons. The van der Waals surface area contributed by atoms with Crippen LogP contribution in [-0.4, -0.2) is 121 Å². The third kappa shape index (κ3) is 13.3. The standard InChI is InChI=1S/C62H70N6O10S2/c1-62(2,80-79-26-12-19-59(69)65-45-15-8-9-16-45)40-66(20-21-75-24-25-76-23-22-72-3)46-28-41(38-77-57-34-51-49(32-55(57)73-4)60(70)67-47(36-63-51)30-43-13-6-10-17-53(43)67)27-42(29-46)39-78-58-35-52-50(33-56(58)74-5)61(71)68-48(37-64-52)31-44-14-7-11-18-54(44)68/h6-11,13-15,17-18,27-29,32-36,47-48,64H,12,16,19-26,30-31,37-40H2,1-5H3,(H,65,69)/t47-,48-/m0/s1. The number of nitrogens with one attached hydrogen (secondary N) is 2. The number of para-hydroxylation sites is 2. The second-order valence-electron chi connectivity index (χ2n) is 20.8. The molecule has 0 saturated heterocycles. The Kier molecular flexibility index (Phi) is 18.4. The Morgan fingerprint density at radius 2 is 1.44 bits per heavy atom. The molecule has 0 fully saturated rings. The zero-order valence-electron chi connectivity index (χ0n) is 46.1. The van der Waals surface area contributed by atoms with Crippen LogP contribution in [-0.2, 0) is 45.1 Å². The molecule has 10 rings (SSSR count). The van der Waals surface area contributed by atoms with Gasteiger partial charge in [-0.05, 0) is 97.5 Å². The van der Waals surface area contributed by atoms with Crippen LogP contribution in [0.25, 0.3) is 0 Å². The summed E-state index contributed by atoms with van der Waals surface area (Å²) in [5, 5.41) is 6.58. The van der Waals surface area contributed by atoms with Gasteiger partial charge in [0, 0.05) is 97.6 Å². The fourth-order valence-electron chi connectivity index (χ4n) is 10.7. The topological polar surface area (TPSA) is 162 Å². The van der Waals surface area contributed by atoms with Crippen molar-refractivity contribution in [2.75, 3.05) is 99.8 Å². The van der Waals surface area contributed by atoms with Crippen molar-refractivity contribution in [1.29, 1.82) is 0 Å². The first kappa shape index (κ1) is 56.3. The average Bonchev–Trinajstić information content (AvgIpc) is 4.23. The van der Waals surface area contributed by atoms with Gasteiger partial charge in [-0.2, -0.15) is 0 Å². The number of carbonyl (C=O) groups excluding carboxylic acids is 3. The Morgan fingerprint density at radius 3 is 2.15 bits per heavy atom. The van der Waals surface area contributed by atoms with Crippen LogP contribution in [0.5, 0.6) is 23.0 Å². The molecule has 5 aromatic carbocycles. The second-order valence-corrected chi connectivity index (χ2v) is 24.0. The van der Waals surface area contributed by atoms with Gasteiger partial charge in [-0.25, -0.2) is 0 Å². The highest BCUT2D eigenvalue weighted by Gasteiger charge is 2.39. The van der Waals surface area contributed by atoms with Crippen molar-refractivity contribution in [2.45, 2.75) is 76.0 Å². The molecule has 0 bridgehead atoms. The molecule has 1 aliphatic carbocycles. The molecule has 0 spiro atoms. The monoisotopic (exact) mass is 1120 g/mol. The number of hydrogen-bond donors (Lipinski definition) is 2. The summed E-state index contributed by atoms with van der Waals surface area (Å²) in [6.45, 7) is 8.89. The van der Waals surface area contributed by atoms with Crippen LogP contribution < -0.4 is 44.3 Å². The van der Waals surface area contributed by atoms with Crippen molar-refractivity contribution in [3.8, 4) is 23.0 Å². The fourth-order valence-corrected chi connectivity index (χ4v) is 13.3. The molecule has 4 heterocycles. The highest BCUT2D eigenvalue weighted by molar-refractivity contribution is 8.77. The zero-order chi connectivity index (χ0) is 55.6. The molecule has 2 N–H and O–H groups in total. The number of ether oxygens (including phenoxy) is 7. The molecular weight excluding hydrogens is 1050 g/mol. The quantitative estimate of drug-likeness (QED) is 0.0377. The third-order valence-corrected chi connectivity index (χ3v) is 17.9. The van der Waals surface area contributed by atoms with E-state index in [1.54, 1.807) is 61.1 Å². The average molecular weight is 1120 g/mol. The summed E-state index contributed by atoms with van der Waals surface area (Å²) in [6.07, 6.45) is 11.2. The Labute approximate surface area is 476 Å². The number of fused-ring (bicyclic) bond motifs is 8. The molecule has 5 aliphatic rings. The van der Waals surface area contributed by atoms with Gasteiger partial charge in [-0.15, -0.1) is 0 Å². The van der Waals surface area contributed by atoms with Crippen LogP contribution in [0.4, 0.5) is 28.4 Å². The molecule has 18 heteroatoms. The van der Waals surface area contributed by atoms with Crippen LogP contribution in [0.2, 0.25) is 0 Å². The van der Waals surface area contributed by atoms with E-state index in [1.165, 1.54) is 0 Å². The number of rotatable bonds is 27. The number of aliphatic imine (C=N–C) groups is 1. The molecule has 5 aromatic rings. The van der Waals surface area contributed by atoms with E-state index in [2.05, 4.69) is 59.7 Å². The summed E-state index contributed by atoms with van der Waals surface area (Å²) < 4.78 is 42.0. The minimum absolute atomic E-state index is 0.0250. The molecule has 2 atom stereocenters. The van der Waals surface area contributed by atoms with E-state index in [1.807, 2.05) is 76.7 Å². The Balaban J connectivity index is 0.913. The number of benzene rings is 5. The first-order valence-corrected chi connectivity index (χ1v) is 29.6. The Morgan fingerprint density at radius 1 is 0.775 bits per heavy atom. The van der Waals surface area contributed by atoms with Crippen LogP contribution in [0.1, 0.15) is 76.1 Å². The van der Waals surface area contributed by atoms with Gasteiger partial charge in [0.05, 0.1) is 81.8 Å². The van der Waals surface area contributed by atoms with Crippen molar-refractivity contribution in [3.63, 3.8) is 0 Å². The van der Waals surface area contributed by atoms with E-state index in [4.69, 9.17) is 38.2 Å². The Bertz CT molecular complexity index is 3170. The van der Waals surface area contributed by atoms with E-state index in [9.17, 15) is 14.4 Å². The maximum atomic E-state index is 14.3. The summed E-state index contributed by atoms with van der Waals surface area (Å²) >= 11 is 0. The lowest BCUT2D eigenvalue weighted by Gasteiger charge is -2.34. The SMILES string of the molecule is COCCOCCOCCN(CC(C)(C)SSCCCC(=O)NC1=CC=CC1)c1cc(COc2cc3c(cc2OC)C(=O)N2c4ccccc4C[C@H]2C=N3)cc(COc2cc3c(cc2OC)C(=O)N2c4ccccc4C[C@H]2CN3)c1. The van der Waals surface area contributed by atoms with Crippen molar-refractivity contribution >= 4 is 74.0 Å². The van der Waals surface area contributed by atoms with Gasteiger partial charge in [-0.3, -0.25) is 24.3 Å². The molecule has 0 radical (unpaired) electrons. The summed E-state index contributed by atoms with van der Waals surface area (Å²) in [6, 6.07) is 29.3. The molecule has 16 nitrogen and oxygen atoms in total. The van der Waals surface area contributed by atoms with Crippen molar-refractivity contribution in [3.05, 3.63) is 148 Å². The van der Waals surface area contributed by atoms with Gasteiger partial charge >= 0.3 is 0 Å². The lowest BCUT2D eigenvalue weighted by molar-refractivity contribution is -0.120. The number of anilines is 4.